The summed E-state index contributed by atoms with van der Waals surface area (Å²) in [5, 5.41) is 0. The molecule has 0 bridgehead atoms. The van der Waals surface area contributed by atoms with Gasteiger partial charge in [0.05, 0.1) is 0 Å². The fourth-order valence-corrected chi connectivity index (χ4v) is 2.49. The zero-order valence-corrected chi connectivity index (χ0v) is 9.52. The predicted octanol–water partition coefficient (Wildman–Crippen LogP) is 2.58. The maximum atomic E-state index is 6.00. The lowest BCUT2D eigenvalue weighted by atomic mass is 10.0. The van der Waals surface area contributed by atoms with Crippen molar-refractivity contribution in [1.29, 1.82) is 0 Å². The summed E-state index contributed by atoms with van der Waals surface area (Å²) in [4.78, 5) is 4.58. The summed E-state index contributed by atoms with van der Waals surface area (Å²) in [6.45, 7) is 0.943. The third kappa shape index (κ3) is 1.84. The fraction of sp³-hybridized carbons (Fsp3) is 0.500. The Balaban J connectivity index is 1.68. The molecule has 0 atom stereocenters. The highest BCUT2D eigenvalue weighted by Gasteiger charge is 2.53. The second-order valence-corrected chi connectivity index (χ2v) is 5.20. The van der Waals surface area contributed by atoms with Gasteiger partial charge in [-0.2, -0.15) is 0 Å². The van der Waals surface area contributed by atoms with Gasteiger partial charge in [0.15, 0.2) is 0 Å². The minimum absolute atomic E-state index is 0.555. The number of aliphatic imine (C=N–C) groups is 1. The quantitative estimate of drug-likeness (QED) is 0.607. The summed E-state index contributed by atoms with van der Waals surface area (Å²) in [7, 11) is 0. The first kappa shape index (κ1) is 9.88. The molecule has 0 radical (unpaired) electrons. The van der Waals surface area contributed by atoms with Crippen LogP contribution in [-0.4, -0.2) is 12.4 Å². The van der Waals surface area contributed by atoms with Gasteiger partial charge in [0.1, 0.15) is 5.84 Å². The molecule has 0 spiro atoms. The zero-order valence-electron chi connectivity index (χ0n) is 9.52. The van der Waals surface area contributed by atoms with Gasteiger partial charge < -0.3 is 5.73 Å². The minimum atomic E-state index is 0.555. The molecule has 2 heteroatoms. The standard InChI is InChI=1S/C14H18N2/c15-13(11-4-2-1-3-5-11)16-10-14(8-9-14)12-6-7-12/h1-5,12H,6-10H2,(H2,15,16). The molecule has 0 aliphatic heterocycles. The number of nitrogens with zero attached hydrogens (tertiary/aromatic N) is 1. The van der Waals surface area contributed by atoms with Crippen LogP contribution in [0.25, 0.3) is 0 Å². The Morgan fingerprint density at radius 2 is 1.94 bits per heavy atom. The van der Waals surface area contributed by atoms with Crippen LogP contribution < -0.4 is 5.73 Å². The van der Waals surface area contributed by atoms with Crippen molar-refractivity contribution in [2.24, 2.45) is 22.1 Å². The maximum absolute atomic E-state index is 6.00. The van der Waals surface area contributed by atoms with E-state index in [1.54, 1.807) is 0 Å². The Labute approximate surface area is 96.6 Å². The van der Waals surface area contributed by atoms with E-state index in [9.17, 15) is 0 Å². The highest BCUT2D eigenvalue weighted by molar-refractivity contribution is 5.97. The van der Waals surface area contributed by atoms with Crippen molar-refractivity contribution in [1.82, 2.24) is 0 Å². The summed E-state index contributed by atoms with van der Waals surface area (Å²) < 4.78 is 0. The van der Waals surface area contributed by atoms with Gasteiger partial charge in [-0.15, -0.1) is 0 Å². The van der Waals surface area contributed by atoms with Crippen LogP contribution >= 0.6 is 0 Å². The second kappa shape index (κ2) is 3.62. The monoisotopic (exact) mass is 214 g/mol. The Kier molecular flexibility index (Phi) is 2.23. The van der Waals surface area contributed by atoms with Crippen molar-refractivity contribution in [3.8, 4) is 0 Å². The van der Waals surface area contributed by atoms with Gasteiger partial charge in [0, 0.05) is 12.1 Å². The molecule has 84 valence electrons. The Morgan fingerprint density at radius 3 is 2.50 bits per heavy atom. The number of hydrogen-bond donors (Lipinski definition) is 1. The van der Waals surface area contributed by atoms with E-state index in [1.807, 2.05) is 30.3 Å². The van der Waals surface area contributed by atoms with Crippen molar-refractivity contribution >= 4 is 5.84 Å². The van der Waals surface area contributed by atoms with Crippen LogP contribution in [0.2, 0.25) is 0 Å². The van der Waals surface area contributed by atoms with Crippen molar-refractivity contribution in [3.05, 3.63) is 35.9 Å². The smallest absolute Gasteiger partial charge is 0.125 e. The Morgan fingerprint density at radius 1 is 1.25 bits per heavy atom. The van der Waals surface area contributed by atoms with Gasteiger partial charge in [0.25, 0.3) is 0 Å². The van der Waals surface area contributed by atoms with Gasteiger partial charge >= 0.3 is 0 Å². The van der Waals surface area contributed by atoms with E-state index >= 15 is 0 Å². The first-order chi connectivity index (χ1) is 7.80. The van der Waals surface area contributed by atoms with E-state index in [1.165, 1.54) is 25.7 Å². The summed E-state index contributed by atoms with van der Waals surface area (Å²) in [5.74, 6) is 1.66. The molecular formula is C14H18N2. The van der Waals surface area contributed by atoms with Crippen molar-refractivity contribution in [2.45, 2.75) is 25.7 Å². The van der Waals surface area contributed by atoms with Gasteiger partial charge in [-0.25, -0.2) is 0 Å². The number of benzene rings is 1. The molecule has 0 amide bonds. The Bertz CT molecular complexity index is 400. The average Bonchev–Trinajstić information content (AvgIpc) is 3.17. The largest absolute Gasteiger partial charge is 0.384 e. The summed E-state index contributed by atoms with van der Waals surface area (Å²) in [5.41, 5.74) is 7.61. The topological polar surface area (TPSA) is 38.4 Å². The van der Waals surface area contributed by atoms with Gasteiger partial charge in [0.2, 0.25) is 0 Å². The number of hydrogen-bond acceptors (Lipinski definition) is 1. The van der Waals surface area contributed by atoms with Crippen LogP contribution in [0.1, 0.15) is 31.2 Å². The molecule has 1 aromatic carbocycles. The molecule has 2 aliphatic carbocycles. The Hall–Kier alpha value is -1.31. The van der Waals surface area contributed by atoms with Gasteiger partial charge in [-0.1, -0.05) is 30.3 Å². The van der Waals surface area contributed by atoms with Crippen LogP contribution in [0, 0.1) is 11.3 Å². The summed E-state index contributed by atoms with van der Waals surface area (Å²) in [6, 6.07) is 10.1. The van der Waals surface area contributed by atoms with Crippen LogP contribution in [0.4, 0.5) is 0 Å². The van der Waals surface area contributed by atoms with Crippen molar-refractivity contribution < 1.29 is 0 Å². The molecule has 2 N–H and O–H groups in total. The first-order valence-electron chi connectivity index (χ1n) is 6.16. The molecule has 0 unspecified atom stereocenters. The van der Waals surface area contributed by atoms with E-state index in [4.69, 9.17) is 5.73 Å². The van der Waals surface area contributed by atoms with Crippen LogP contribution in [-0.2, 0) is 0 Å². The van der Waals surface area contributed by atoms with Gasteiger partial charge in [-0.3, -0.25) is 4.99 Å². The van der Waals surface area contributed by atoms with Crippen LogP contribution in [0.5, 0.6) is 0 Å². The molecule has 16 heavy (non-hydrogen) atoms. The lowest BCUT2D eigenvalue weighted by Crippen LogP contribution is -2.17. The van der Waals surface area contributed by atoms with E-state index in [0.717, 1.165) is 18.0 Å². The number of nitrogens with two attached hydrogens (primary N) is 1. The van der Waals surface area contributed by atoms with Gasteiger partial charge in [-0.05, 0) is 37.0 Å². The van der Waals surface area contributed by atoms with E-state index < -0.39 is 0 Å². The summed E-state index contributed by atoms with van der Waals surface area (Å²) >= 11 is 0. The van der Waals surface area contributed by atoms with Crippen molar-refractivity contribution in [3.63, 3.8) is 0 Å². The van der Waals surface area contributed by atoms with E-state index in [2.05, 4.69) is 4.99 Å². The minimum Gasteiger partial charge on any atom is -0.384 e. The molecule has 0 aromatic heterocycles. The molecule has 3 rings (SSSR count). The molecule has 0 saturated heterocycles. The summed E-state index contributed by atoms with van der Waals surface area (Å²) in [6.07, 6.45) is 5.56. The first-order valence-corrected chi connectivity index (χ1v) is 6.16. The molecule has 1 aromatic rings. The lowest BCUT2D eigenvalue weighted by molar-refractivity contribution is 0.454. The fourth-order valence-electron chi connectivity index (χ4n) is 2.49. The number of rotatable bonds is 4. The third-order valence-corrected chi connectivity index (χ3v) is 3.97. The molecule has 2 nitrogen and oxygen atoms in total. The highest BCUT2D eigenvalue weighted by atomic mass is 14.9. The highest BCUT2D eigenvalue weighted by Crippen LogP contribution is 2.61. The van der Waals surface area contributed by atoms with Crippen LogP contribution in [0.15, 0.2) is 35.3 Å². The molecule has 2 fully saturated rings. The average molecular weight is 214 g/mol. The normalized spacial score (nSPS) is 23.1. The zero-order chi connectivity index (χ0) is 11.0. The molecule has 2 aliphatic rings. The van der Waals surface area contributed by atoms with E-state index in [0.29, 0.717) is 11.3 Å². The SMILES string of the molecule is NC(=NCC1(C2CC2)CC1)c1ccccc1. The molecule has 0 heterocycles. The van der Waals surface area contributed by atoms with Crippen LogP contribution in [0.3, 0.4) is 0 Å². The number of amidine groups is 1. The van der Waals surface area contributed by atoms with E-state index in [-0.39, 0.29) is 0 Å². The second-order valence-electron chi connectivity index (χ2n) is 5.20. The lowest BCUT2D eigenvalue weighted by Gasteiger charge is -2.10. The maximum Gasteiger partial charge on any atom is 0.125 e. The predicted molar refractivity (Wildman–Crippen MR) is 66.4 cm³/mol. The molecular weight excluding hydrogens is 196 g/mol. The van der Waals surface area contributed by atoms with Crippen molar-refractivity contribution in [2.75, 3.05) is 6.54 Å². The molecule has 2 saturated carbocycles. The third-order valence-electron chi connectivity index (χ3n) is 3.97.